The maximum absolute atomic E-state index is 13.0. The van der Waals surface area contributed by atoms with Crippen molar-refractivity contribution < 1.29 is 17.6 Å². The van der Waals surface area contributed by atoms with E-state index in [0.29, 0.717) is 29.1 Å². The van der Waals surface area contributed by atoms with E-state index in [-0.39, 0.29) is 28.3 Å². The lowest BCUT2D eigenvalue weighted by atomic mass is 10.2. The van der Waals surface area contributed by atoms with E-state index >= 15 is 0 Å². The molecule has 4 rings (SSSR count). The molecule has 30 heavy (non-hydrogen) atoms. The van der Waals surface area contributed by atoms with Gasteiger partial charge in [0, 0.05) is 28.4 Å². The van der Waals surface area contributed by atoms with Crippen LogP contribution in [0.2, 0.25) is 5.02 Å². The minimum atomic E-state index is -3.87. The highest BCUT2D eigenvalue weighted by Crippen LogP contribution is 2.35. The molecule has 0 bridgehead atoms. The molecule has 0 aliphatic carbocycles. The number of likely N-dealkylation sites (tertiary alicyclic amines) is 1. The number of nitrogens with zero attached hydrogens (tertiary/aromatic N) is 1. The molecule has 11 heteroatoms. The van der Waals surface area contributed by atoms with Gasteiger partial charge in [0.25, 0.3) is 10.0 Å². The Balaban J connectivity index is 1.50. The number of rotatable bonds is 6. The van der Waals surface area contributed by atoms with E-state index in [0.717, 1.165) is 21.4 Å². The number of amidine groups is 1. The lowest BCUT2D eigenvalue weighted by Gasteiger charge is -2.16. The van der Waals surface area contributed by atoms with Crippen molar-refractivity contribution in [1.29, 1.82) is 5.41 Å². The second-order valence-electron chi connectivity index (χ2n) is 7.11. The van der Waals surface area contributed by atoms with Crippen molar-refractivity contribution in [3.8, 4) is 0 Å². The average Bonchev–Trinajstić information content (AvgIpc) is 3.37. The van der Waals surface area contributed by atoms with Crippen LogP contribution in [0.4, 0.5) is 0 Å². The van der Waals surface area contributed by atoms with Crippen molar-refractivity contribution in [1.82, 2.24) is 9.62 Å². The molecule has 0 radical (unpaired) electrons. The molecule has 1 aliphatic heterocycles. The third kappa shape index (κ3) is 3.83. The highest BCUT2D eigenvalue weighted by Gasteiger charge is 2.36. The number of thiophene rings is 1. The molecule has 4 N–H and O–H groups in total. The van der Waals surface area contributed by atoms with Crippen molar-refractivity contribution in [3.05, 3.63) is 52.4 Å². The van der Waals surface area contributed by atoms with Crippen LogP contribution < -0.4 is 10.5 Å². The summed E-state index contributed by atoms with van der Waals surface area (Å²) in [6, 6.07) is 6.01. The minimum Gasteiger partial charge on any atom is -0.461 e. The number of nitrogens with two attached hydrogens (primary N) is 1. The average molecular weight is 467 g/mol. The van der Waals surface area contributed by atoms with Gasteiger partial charge in [0.1, 0.15) is 10.3 Å². The molecule has 8 nitrogen and oxygen atoms in total. The van der Waals surface area contributed by atoms with Crippen LogP contribution in [-0.2, 0) is 21.4 Å². The molecular formula is C19H19ClN4O4S2. The van der Waals surface area contributed by atoms with Crippen molar-refractivity contribution in [2.24, 2.45) is 5.73 Å². The van der Waals surface area contributed by atoms with E-state index in [1.165, 1.54) is 6.26 Å². The summed E-state index contributed by atoms with van der Waals surface area (Å²) < 4.78 is 34.7. The molecule has 3 aromatic rings. The van der Waals surface area contributed by atoms with E-state index in [4.69, 9.17) is 27.2 Å². The zero-order chi connectivity index (χ0) is 21.6. The smallest absolute Gasteiger partial charge is 0.251 e. The molecule has 1 aliphatic rings. The Bertz CT molecular complexity index is 1260. The number of sulfonamides is 1. The number of hydrogen-bond acceptors (Lipinski definition) is 6. The summed E-state index contributed by atoms with van der Waals surface area (Å²) in [5.74, 6) is -0.264. The Labute approximate surface area is 182 Å². The van der Waals surface area contributed by atoms with Crippen LogP contribution >= 0.6 is 22.9 Å². The van der Waals surface area contributed by atoms with Gasteiger partial charge in [-0.1, -0.05) is 11.6 Å². The fourth-order valence-electron chi connectivity index (χ4n) is 3.49. The number of carbonyl (C=O) groups excluding carboxylic acids is 1. The lowest BCUT2D eigenvalue weighted by Crippen LogP contribution is -2.41. The molecule has 1 unspecified atom stereocenters. The summed E-state index contributed by atoms with van der Waals surface area (Å²) >= 11 is 7.19. The number of hydrogen-bond donors (Lipinski definition) is 3. The van der Waals surface area contributed by atoms with Gasteiger partial charge in [-0.2, -0.15) is 4.72 Å². The zero-order valence-electron chi connectivity index (χ0n) is 15.9. The van der Waals surface area contributed by atoms with Crippen LogP contribution in [0.25, 0.3) is 10.1 Å². The first-order chi connectivity index (χ1) is 14.2. The summed E-state index contributed by atoms with van der Waals surface area (Å²) in [4.78, 5) is 14.3. The molecule has 0 spiro atoms. The number of nitrogen functional groups attached to an aromatic ring is 1. The molecular weight excluding hydrogens is 448 g/mol. The summed E-state index contributed by atoms with van der Waals surface area (Å²) in [7, 11) is -3.87. The number of benzene rings is 1. The van der Waals surface area contributed by atoms with Crippen LogP contribution in [0.3, 0.4) is 0 Å². The molecule has 0 saturated carbocycles. The molecule has 1 fully saturated rings. The molecule has 2 aromatic heterocycles. The second kappa shape index (κ2) is 7.69. The standard InChI is InChI=1S/C19H19ClN4O4S2/c1-10-13-7-12(20)2-3-16(13)29-19(10)30(26,27)23-14-4-5-24(18(14)25)8-11-6-15(17(21)22)28-9-11/h2-3,6-7,9,14,23H,4-5,8H2,1H3,(H3,21,22). The van der Waals surface area contributed by atoms with E-state index in [9.17, 15) is 13.2 Å². The van der Waals surface area contributed by atoms with Crippen LogP contribution in [0, 0.1) is 12.3 Å². The quantitative estimate of drug-likeness (QED) is 0.380. The maximum Gasteiger partial charge on any atom is 0.251 e. The molecule has 158 valence electrons. The van der Waals surface area contributed by atoms with Gasteiger partial charge >= 0.3 is 0 Å². The number of aryl methyl sites for hydroxylation is 1. The third-order valence-corrected chi connectivity index (χ3v) is 8.59. The Hall–Kier alpha value is -2.40. The van der Waals surface area contributed by atoms with Crippen molar-refractivity contribution in [2.45, 2.75) is 30.1 Å². The van der Waals surface area contributed by atoms with Crippen molar-refractivity contribution in [3.63, 3.8) is 0 Å². The first kappa shape index (κ1) is 20.9. The number of halogens is 1. The molecule has 1 aromatic carbocycles. The van der Waals surface area contributed by atoms with Gasteiger partial charge in [-0.3, -0.25) is 10.2 Å². The second-order valence-corrected chi connectivity index (χ2v) is 10.5. The summed E-state index contributed by atoms with van der Waals surface area (Å²) in [6.45, 7) is 2.40. The fourth-order valence-corrected chi connectivity index (χ4v) is 6.65. The SMILES string of the molecule is Cc1c(S(=O)(=O)NC2CCN(Cc3coc(C(=N)N)c3)C2=O)sc2ccc(Cl)cc12. The highest BCUT2D eigenvalue weighted by molar-refractivity contribution is 7.91. The van der Waals surface area contributed by atoms with Crippen LogP contribution in [0.5, 0.6) is 0 Å². The molecule has 1 amide bonds. The topological polar surface area (TPSA) is 129 Å². The monoisotopic (exact) mass is 466 g/mol. The Kier molecular flexibility index (Phi) is 5.35. The number of carbonyl (C=O) groups is 1. The van der Waals surface area contributed by atoms with E-state index in [1.54, 1.807) is 36.1 Å². The van der Waals surface area contributed by atoms with Gasteiger partial charge in [-0.25, -0.2) is 8.42 Å². The summed E-state index contributed by atoms with van der Waals surface area (Å²) in [5, 5.41) is 8.70. The van der Waals surface area contributed by atoms with Gasteiger partial charge in [0.15, 0.2) is 11.6 Å². The molecule has 1 atom stereocenters. The van der Waals surface area contributed by atoms with E-state index in [1.807, 2.05) is 0 Å². The van der Waals surface area contributed by atoms with Gasteiger partial charge in [-0.05, 0) is 48.6 Å². The van der Waals surface area contributed by atoms with Crippen molar-refractivity contribution in [2.75, 3.05) is 6.54 Å². The van der Waals surface area contributed by atoms with E-state index < -0.39 is 16.1 Å². The molecule has 3 heterocycles. The van der Waals surface area contributed by atoms with E-state index in [2.05, 4.69) is 4.72 Å². The third-order valence-electron chi connectivity index (χ3n) is 4.99. The largest absolute Gasteiger partial charge is 0.461 e. The minimum absolute atomic E-state index is 0.187. The summed E-state index contributed by atoms with van der Waals surface area (Å²) in [5.41, 5.74) is 6.69. The molecule has 1 saturated heterocycles. The first-order valence-electron chi connectivity index (χ1n) is 9.07. The number of fused-ring (bicyclic) bond motifs is 1. The Morgan fingerprint density at radius 1 is 1.43 bits per heavy atom. The van der Waals surface area contributed by atoms with Crippen molar-refractivity contribution >= 4 is 54.8 Å². The van der Waals surface area contributed by atoms with Crippen LogP contribution in [0.15, 0.2) is 39.2 Å². The lowest BCUT2D eigenvalue weighted by molar-refractivity contribution is -0.129. The number of amides is 1. The fraction of sp³-hybridized carbons (Fsp3) is 0.263. The predicted molar refractivity (Wildman–Crippen MR) is 115 cm³/mol. The summed E-state index contributed by atoms with van der Waals surface area (Å²) in [6.07, 6.45) is 1.80. The van der Waals surface area contributed by atoms with Gasteiger partial charge in [0.05, 0.1) is 6.26 Å². The van der Waals surface area contributed by atoms with Crippen LogP contribution in [0.1, 0.15) is 23.3 Å². The normalized spacial score (nSPS) is 17.2. The Morgan fingerprint density at radius 2 is 2.20 bits per heavy atom. The Morgan fingerprint density at radius 3 is 2.90 bits per heavy atom. The first-order valence-corrected chi connectivity index (χ1v) is 11.7. The highest BCUT2D eigenvalue weighted by atomic mass is 35.5. The zero-order valence-corrected chi connectivity index (χ0v) is 18.3. The van der Waals surface area contributed by atoms with Gasteiger partial charge < -0.3 is 15.1 Å². The maximum atomic E-state index is 13.0. The number of furan rings is 1. The van der Waals surface area contributed by atoms with Gasteiger partial charge in [-0.15, -0.1) is 11.3 Å². The van der Waals surface area contributed by atoms with Gasteiger partial charge in [0.2, 0.25) is 5.91 Å². The number of nitrogens with one attached hydrogen (secondary N) is 2. The predicted octanol–water partition coefficient (Wildman–Crippen LogP) is 2.82. The van der Waals surface area contributed by atoms with Crippen LogP contribution in [-0.4, -0.2) is 37.6 Å².